The first-order valence-electron chi connectivity index (χ1n) is 4.04. The van der Waals surface area contributed by atoms with E-state index in [1.165, 1.54) is 0 Å². The fraction of sp³-hybridized carbons (Fsp3) is 0.111. The van der Waals surface area contributed by atoms with Gasteiger partial charge in [0.25, 0.3) is 5.91 Å². The Balaban J connectivity index is 2.89. The van der Waals surface area contributed by atoms with E-state index in [0.29, 0.717) is 6.07 Å². The van der Waals surface area contributed by atoms with Gasteiger partial charge in [0.15, 0.2) is 0 Å². The molecule has 3 N–H and O–H groups in total. The Morgan fingerprint density at radius 3 is 2.50 bits per heavy atom. The lowest BCUT2D eigenvalue weighted by molar-refractivity contribution is -0.153. The minimum Gasteiger partial charge on any atom is -0.476 e. The molecule has 0 bridgehead atoms. The van der Waals surface area contributed by atoms with Crippen LogP contribution in [-0.2, 0) is 4.79 Å². The van der Waals surface area contributed by atoms with Crippen LogP contribution in [0.2, 0.25) is 0 Å². The van der Waals surface area contributed by atoms with E-state index < -0.39 is 29.6 Å². The zero-order chi connectivity index (χ0) is 12.3. The highest BCUT2D eigenvalue weighted by Crippen LogP contribution is 2.18. The van der Waals surface area contributed by atoms with Gasteiger partial charge < -0.3 is 15.6 Å². The van der Waals surface area contributed by atoms with Crippen LogP contribution in [0.1, 0.15) is 10.4 Å². The molecule has 0 fully saturated rings. The highest BCUT2D eigenvalue weighted by molar-refractivity contribution is 5.93. The van der Waals surface area contributed by atoms with Crippen molar-refractivity contribution >= 4 is 11.9 Å². The first-order chi connectivity index (χ1) is 7.41. The van der Waals surface area contributed by atoms with Crippen molar-refractivity contribution < 1.29 is 28.2 Å². The van der Waals surface area contributed by atoms with Crippen LogP contribution in [0.4, 0.5) is 8.78 Å². The molecule has 1 rings (SSSR count). The molecule has 0 aliphatic heterocycles. The molecule has 86 valence electrons. The second-order valence-corrected chi connectivity index (χ2v) is 2.78. The molecule has 0 spiro atoms. The van der Waals surface area contributed by atoms with Crippen molar-refractivity contribution in [3.05, 3.63) is 29.6 Å². The summed E-state index contributed by atoms with van der Waals surface area (Å²) in [4.78, 5) is 20.7. The highest BCUT2D eigenvalue weighted by Gasteiger charge is 2.18. The number of hydrogen-bond donors (Lipinski definition) is 2. The maximum Gasteiger partial charge on any atom is 0.378 e. The van der Waals surface area contributed by atoms with E-state index in [1.54, 1.807) is 0 Å². The molecule has 1 aromatic rings. The lowest BCUT2D eigenvalue weighted by Crippen LogP contribution is -2.21. The number of benzene rings is 1. The molecule has 0 aromatic heterocycles. The number of primary amides is 1. The quantitative estimate of drug-likeness (QED) is 0.797. The van der Waals surface area contributed by atoms with Gasteiger partial charge in [0, 0.05) is 6.07 Å². The Hall–Kier alpha value is -2.18. The standard InChI is InChI=1S/C9H7F2NO4/c10-6-3-4(16-7(11)9(14)15)1-2-5(6)8(12)13/h1-3,7H,(H2,12,13)(H,14,15). The number of aliphatic carboxylic acids is 1. The molecule has 0 aliphatic rings. The van der Waals surface area contributed by atoms with Gasteiger partial charge in [-0.15, -0.1) is 0 Å². The number of amides is 1. The molecule has 5 nitrogen and oxygen atoms in total. The van der Waals surface area contributed by atoms with Crippen LogP contribution in [-0.4, -0.2) is 23.3 Å². The number of halogens is 2. The molecule has 0 radical (unpaired) electrons. The number of rotatable bonds is 4. The van der Waals surface area contributed by atoms with Gasteiger partial charge in [-0.25, -0.2) is 9.18 Å². The lowest BCUT2D eigenvalue weighted by Gasteiger charge is -2.07. The van der Waals surface area contributed by atoms with E-state index in [4.69, 9.17) is 10.8 Å². The molecule has 0 aliphatic carbocycles. The third-order valence-corrected chi connectivity index (χ3v) is 1.64. The van der Waals surface area contributed by atoms with Crippen LogP contribution in [0.15, 0.2) is 18.2 Å². The van der Waals surface area contributed by atoms with Crippen molar-refractivity contribution in [2.45, 2.75) is 6.36 Å². The topological polar surface area (TPSA) is 89.6 Å². The number of carboxylic acids is 1. The van der Waals surface area contributed by atoms with Gasteiger partial charge in [0.1, 0.15) is 11.6 Å². The average molecular weight is 231 g/mol. The summed E-state index contributed by atoms with van der Waals surface area (Å²) < 4.78 is 29.9. The summed E-state index contributed by atoms with van der Waals surface area (Å²) in [7, 11) is 0. The number of alkyl halides is 1. The molecule has 1 amide bonds. The highest BCUT2D eigenvalue weighted by atomic mass is 19.1. The fourth-order valence-electron chi connectivity index (χ4n) is 0.939. The van der Waals surface area contributed by atoms with Crippen molar-refractivity contribution in [3.8, 4) is 5.75 Å². The van der Waals surface area contributed by atoms with Gasteiger partial charge in [-0.05, 0) is 12.1 Å². The maximum absolute atomic E-state index is 13.1. The minimum atomic E-state index is -2.60. The van der Waals surface area contributed by atoms with E-state index in [0.717, 1.165) is 12.1 Å². The number of nitrogens with two attached hydrogens (primary N) is 1. The normalized spacial score (nSPS) is 11.9. The van der Waals surface area contributed by atoms with Gasteiger partial charge in [-0.3, -0.25) is 4.79 Å². The third-order valence-electron chi connectivity index (χ3n) is 1.64. The molecular weight excluding hydrogens is 224 g/mol. The van der Waals surface area contributed by atoms with Crippen LogP contribution in [0.3, 0.4) is 0 Å². The average Bonchev–Trinajstić information content (AvgIpc) is 2.16. The molecule has 1 atom stereocenters. The van der Waals surface area contributed by atoms with E-state index in [-0.39, 0.29) is 5.75 Å². The first kappa shape index (κ1) is 11.9. The van der Waals surface area contributed by atoms with Crippen molar-refractivity contribution in [2.24, 2.45) is 5.73 Å². The van der Waals surface area contributed by atoms with E-state index >= 15 is 0 Å². The SMILES string of the molecule is NC(=O)c1ccc(OC(F)C(=O)O)cc1F. The van der Waals surface area contributed by atoms with Crippen LogP contribution >= 0.6 is 0 Å². The summed E-state index contributed by atoms with van der Waals surface area (Å²) in [6.45, 7) is 0. The molecule has 7 heteroatoms. The Bertz CT molecular complexity index is 436. The number of carbonyl (C=O) groups excluding carboxylic acids is 1. The predicted molar refractivity (Wildman–Crippen MR) is 48.1 cm³/mol. The van der Waals surface area contributed by atoms with Gasteiger partial charge in [-0.1, -0.05) is 0 Å². The van der Waals surface area contributed by atoms with Crippen LogP contribution in [0, 0.1) is 5.82 Å². The molecular formula is C9H7F2NO4. The fourth-order valence-corrected chi connectivity index (χ4v) is 0.939. The maximum atomic E-state index is 13.1. The van der Waals surface area contributed by atoms with Crippen LogP contribution < -0.4 is 10.5 Å². The molecule has 0 heterocycles. The van der Waals surface area contributed by atoms with E-state index in [2.05, 4.69) is 4.74 Å². The zero-order valence-corrected chi connectivity index (χ0v) is 7.81. The molecule has 16 heavy (non-hydrogen) atoms. The van der Waals surface area contributed by atoms with Gasteiger partial charge >= 0.3 is 12.3 Å². The van der Waals surface area contributed by atoms with Crippen LogP contribution in [0.5, 0.6) is 5.75 Å². The largest absolute Gasteiger partial charge is 0.476 e. The second kappa shape index (κ2) is 4.56. The summed E-state index contributed by atoms with van der Waals surface area (Å²) in [5.74, 6) is -4.18. The number of hydrogen-bond acceptors (Lipinski definition) is 3. The van der Waals surface area contributed by atoms with E-state index in [1.807, 2.05) is 0 Å². The monoisotopic (exact) mass is 231 g/mol. The summed E-state index contributed by atoms with van der Waals surface area (Å²) in [6, 6.07) is 2.69. The lowest BCUT2D eigenvalue weighted by atomic mass is 10.2. The predicted octanol–water partition coefficient (Wildman–Crippen LogP) is 0.684. The first-order valence-corrected chi connectivity index (χ1v) is 4.04. The summed E-state index contributed by atoms with van der Waals surface area (Å²) >= 11 is 0. The van der Waals surface area contributed by atoms with Gasteiger partial charge in [-0.2, -0.15) is 4.39 Å². The summed E-state index contributed by atoms with van der Waals surface area (Å²) in [6.07, 6.45) is -2.60. The van der Waals surface area contributed by atoms with Crippen molar-refractivity contribution in [1.29, 1.82) is 0 Å². The number of ether oxygens (including phenoxy) is 1. The minimum absolute atomic E-state index is 0.350. The van der Waals surface area contributed by atoms with Gasteiger partial charge in [0.05, 0.1) is 5.56 Å². The van der Waals surface area contributed by atoms with Crippen LogP contribution in [0.25, 0.3) is 0 Å². The smallest absolute Gasteiger partial charge is 0.378 e. The zero-order valence-electron chi connectivity index (χ0n) is 7.81. The number of carboxylic acid groups (broad SMARTS) is 1. The Kier molecular flexibility index (Phi) is 3.39. The number of carbonyl (C=O) groups is 2. The summed E-state index contributed by atoms with van der Waals surface area (Å²) in [5.41, 5.74) is 4.44. The Morgan fingerprint density at radius 2 is 2.06 bits per heavy atom. The van der Waals surface area contributed by atoms with Gasteiger partial charge in [0.2, 0.25) is 0 Å². The van der Waals surface area contributed by atoms with Crippen molar-refractivity contribution in [3.63, 3.8) is 0 Å². The molecule has 1 aromatic carbocycles. The third kappa shape index (κ3) is 2.66. The molecule has 1 unspecified atom stereocenters. The van der Waals surface area contributed by atoms with Crippen molar-refractivity contribution in [2.75, 3.05) is 0 Å². The Labute approximate surface area is 88.4 Å². The Morgan fingerprint density at radius 1 is 1.44 bits per heavy atom. The second-order valence-electron chi connectivity index (χ2n) is 2.78. The summed E-state index contributed by atoms with van der Waals surface area (Å²) in [5, 5.41) is 8.19. The molecule has 0 saturated carbocycles. The van der Waals surface area contributed by atoms with E-state index in [9.17, 15) is 18.4 Å². The van der Waals surface area contributed by atoms with Crippen molar-refractivity contribution in [1.82, 2.24) is 0 Å². The molecule has 0 saturated heterocycles.